The zero-order valence-electron chi connectivity index (χ0n) is 18.2. The number of sulfonamides is 1. The second-order valence-corrected chi connectivity index (χ2v) is 9.73. The molecule has 6 nitrogen and oxygen atoms in total. The van der Waals surface area contributed by atoms with E-state index in [0.717, 1.165) is 12.1 Å². The van der Waals surface area contributed by atoms with Gasteiger partial charge in [0.15, 0.2) is 0 Å². The zero-order valence-corrected chi connectivity index (χ0v) is 19.0. The normalized spacial score (nSPS) is 12.0. The fourth-order valence-corrected chi connectivity index (χ4v) is 3.57. The molecule has 0 fully saturated rings. The summed E-state index contributed by atoms with van der Waals surface area (Å²) in [6.07, 6.45) is -2.90. The van der Waals surface area contributed by atoms with Crippen molar-refractivity contribution in [1.82, 2.24) is 4.98 Å². The Hall–Kier alpha value is -3.27. The van der Waals surface area contributed by atoms with E-state index in [-0.39, 0.29) is 18.2 Å². The van der Waals surface area contributed by atoms with Crippen LogP contribution in [0.4, 0.5) is 18.9 Å². The van der Waals surface area contributed by atoms with E-state index in [4.69, 9.17) is 9.47 Å². The zero-order chi connectivity index (χ0) is 24.2. The molecule has 0 aliphatic carbocycles. The van der Waals surface area contributed by atoms with Crippen LogP contribution >= 0.6 is 0 Å². The molecule has 0 bridgehead atoms. The molecule has 3 aromatic rings. The summed E-state index contributed by atoms with van der Waals surface area (Å²) < 4.78 is 76.6. The molecule has 33 heavy (non-hydrogen) atoms. The average Bonchev–Trinajstić information content (AvgIpc) is 2.77. The lowest BCUT2D eigenvalue weighted by Crippen LogP contribution is -2.23. The van der Waals surface area contributed by atoms with Gasteiger partial charge in [-0.05, 0) is 55.3 Å². The highest BCUT2D eigenvalue weighted by atomic mass is 32.2. The van der Waals surface area contributed by atoms with E-state index >= 15 is 0 Å². The van der Waals surface area contributed by atoms with Crippen molar-refractivity contribution >= 4 is 15.7 Å². The number of anilines is 1. The Bertz CT molecular complexity index is 1230. The molecule has 0 saturated carbocycles. The molecule has 1 N–H and O–H groups in total. The Kier molecular flexibility index (Phi) is 7.16. The van der Waals surface area contributed by atoms with Crippen LogP contribution < -0.4 is 14.2 Å². The summed E-state index contributed by atoms with van der Waals surface area (Å²) in [4.78, 5) is 4.18. The number of benzene rings is 2. The van der Waals surface area contributed by atoms with Crippen molar-refractivity contribution in [2.45, 2.75) is 31.9 Å². The minimum atomic E-state index is -4.42. The van der Waals surface area contributed by atoms with Crippen LogP contribution in [0, 0.1) is 0 Å². The van der Waals surface area contributed by atoms with Gasteiger partial charge in [-0.25, -0.2) is 13.4 Å². The number of pyridine rings is 1. The lowest BCUT2D eigenvalue weighted by atomic mass is 10.1. The maximum atomic E-state index is 12.9. The summed E-state index contributed by atoms with van der Waals surface area (Å²) in [5, 5.41) is -0.654. The minimum absolute atomic E-state index is 0.0479. The first-order valence-corrected chi connectivity index (χ1v) is 11.5. The average molecular weight is 481 g/mol. The number of alkyl halides is 3. The van der Waals surface area contributed by atoms with Gasteiger partial charge in [-0.3, -0.25) is 4.72 Å². The smallest absolute Gasteiger partial charge is 0.416 e. The summed E-state index contributed by atoms with van der Waals surface area (Å²) in [6.45, 7) is 3.06. The molecule has 0 unspecified atom stereocenters. The van der Waals surface area contributed by atoms with Gasteiger partial charge in [0.1, 0.15) is 18.0 Å². The molecule has 0 aliphatic rings. The van der Waals surface area contributed by atoms with Crippen molar-refractivity contribution in [1.29, 1.82) is 0 Å². The molecule has 176 valence electrons. The van der Waals surface area contributed by atoms with Crippen molar-refractivity contribution in [2.75, 3.05) is 11.8 Å². The Balaban J connectivity index is 1.83. The molecule has 1 heterocycles. The highest BCUT2D eigenvalue weighted by Gasteiger charge is 2.30. The number of aromatic nitrogens is 1. The van der Waals surface area contributed by atoms with E-state index in [2.05, 4.69) is 9.71 Å². The first kappa shape index (κ1) is 24.4. The number of halogens is 3. The first-order chi connectivity index (χ1) is 15.5. The topological polar surface area (TPSA) is 77.5 Å². The number of methoxy groups -OCH3 is 1. The van der Waals surface area contributed by atoms with Crippen LogP contribution in [0.25, 0.3) is 11.1 Å². The predicted molar refractivity (Wildman–Crippen MR) is 120 cm³/mol. The Labute approximate surface area is 190 Å². The number of hydrogen-bond acceptors (Lipinski definition) is 5. The van der Waals surface area contributed by atoms with Crippen LogP contribution in [0.5, 0.6) is 11.6 Å². The van der Waals surface area contributed by atoms with Crippen molar-refractivity contribution in [2.24, 2.45) is 0 Å². The summed E-state index contributed by atoms with van der Waals surface area (Å²) in [5.74, 6) is 0.560. The molecule has 0 radical (unpaired) electrons. The van der Waals surface area contributed by atoms with E-state index < -0.39 is 27.0 Å². The molecule has 2 aromatic carbocycles. The molecule has 0 spiro atoms. The van der Waals surface area contributed by atoms with Gasteiger partial charge in [-0.2, -0.15) is 13.2 Å². The third kappa shape index (κ3) is 6.16. The van der Waals surface area contributed by atoms with E-state index in [1.54, 1.807) is 50.2 Å². The van der Waals surface area contributed by atoms with E-state index in [9.17, 15) is 21.6 Å². The quantitative estimate of drug-likeness (QED) is 0.460. The fourth-order valence-electron chi connectivity index (χ4n) is 2.89. The van der Waals surface area contributed by atoms with Crippen LogP contribution in [0.15, 0.2) is 60.8 Å². The molecular weight excluding hydrogens is 457 g/mol. The van der Waals surface area contributed by atoms with E-state index in [1.165, 1.54) is 19.4 Å². The Morgan fingerprint density at radius 2 is 1.76 bits per heavy atom. The van der Waals surface area contributed by atoms with Gasteiger partial charge in [-0.1, -0.05) is 24.3 Å². The number of rotatable bonds is 8. The molecular formula is C23H23F3N2O4S. The van der Waals surface area contributed by atoms with Crippen LogP contribution in [-0.2, 0) is 22.8 Å². The third-order valence-electron chi connectivity index (χ3n) is 4.74. The SMILES string of the molecule is COc1ncc(-c2cccc(OCc3cccc(C(F)(F)F)c3)c2)cc1NS(=O)(=O)C(C)C. The second-order valence-electron chi connectivity index (χ2n) is 7.49. The second kappa shape index (κ2) is 9.70. The van der Waals surface area contributed by atoms with Gasteiger partial charge >= 0.3 is 6.18 Å². The molecule has 0 saturated heterocycles. The summed E-state index contributed by atoms with van der Waals surface area (Å²) in [6, 6.07) is 13.4. The highest BCUT2D eigenvalue weighted by Crippen LogP contribution is 2.32. The number of ether oxygens (including phenoxy) is 2. The van der Waals surface area contributed by atoms with Gasteiger partial charge in [0.25, 0.3) is 0 Å². The van der Waals surface area contributed by atoms with E-state index in [0.29, 0.717) is 22.4 Å². The van der Waals surface area contributed by atoms with Crippen molar-refractivity contribution in [3.63, 3.8) is 0 Å². The molecule has 1 aromatic heterocycles. The highest BCUT2D eigenvalue weighted by molar-refractivity contribution is 7.93. The molecule has 10 heteroatoms. The number of nitrogens with zero attached hydrogens (tertiary/aromatic N) is 1. The van der Waals surface area contributed by atoms with Gasteiger partial charge < -0.3 is 9.47 Å². The molecule has 0 amide bonds. The summed E-state index contributed by atoms with van der Waals surface area (Å²) in [5.41, 5.74) is 1.11. The Morgan fingerprint density at radius 1 is 1.03 bits per heavy atom. The lowest BCUT2D eigenvalue weighted by molar-refractivity contribution is -0.137. The lowest BCUT2D eigenvalue weighted by Gasteiger charge is -2.15. The first-order valence-electron chi connectivity index (χ1n) is 9.94. The van der Waals surface area contributed by atoms with Crippen LogP contribution in [0.1, 0.15) is 25.0 Å². The summed E-state index contributed by atoms with van der Waals surface area (Å²) in [7, 11) is -2.23. The summed E-state index contributed by atoms with van der Waals surface area (Å²) >= 11 is 0. The Morgan fingerprint density at radius 3 is 2.42 bits per heavy atom. The van der Waals surface area contributed by atoms with Crippen LogP contribution in [-0.4, -0.2) is 25.8 Å². The molecule has 0 aliphatic heterocycles. The third-order valence-corrected chi connectivity index (χ3v) is 6.49. The van der Waals surface area contributed by atoms with Gasteiger partial charge in [-0.15, -0.1) is 0 Å². The van der Waals surface area contributed by atoms with Crippen molar-refractivity contribution < 1.29 is 31.1 Å². The van der Waals surface area contributed by atoms with Crippen molar-refractivity contribution in [3.05, 3.63) is 71.9 Å². The number of hydrogen-bond donors (Lipinski definition) is 1. The van der Waals surface area contributed by atoms with E-state index in [1.807, 2.05) is 0 Å². The largest absolute Gasteiger partial charge is 0.489 e. The molecule has 0 atom stereocenters. The standard InChI is InChI=1S/C23H23F3N2O4S/c1-15(2)33(29,30)28-21-12-18(13-27-22(21)31-3)17-7-5-9-20(11-17)32-14-16-6-4-8-19(10-16)23(24,25)26/h4-13,15,28H,14H2,1-3H3. The monoisotopic (exact) mass is 480 g/mol. The fraction of sp³-hybridized carbons (Fsp3) is 0.261. The van der Waals surface area contributed by atoms with Gasteiger partial charge in [0.05, 0.1) is 17.9 Å². The van der Waals surface area contributed by atoms with Gasteiger partial charge in [0.2, 0.25) is 15.9 Å². The minimum Gasteiger partial charge on any atom is -0.489 e. The van der Waals surface area contributed by atoms with Crippen LogP contribution in [0.3, 0.4) is 0 Å². The van der Waals surface area contributed by atoms with Gasteiger partial charge in [0, 0.05) is 11.8 Å². The van der Waals surface area contributed by atoms with Crippen LogP contribution in [0.2, 0.25) is 0 Å². The maximum absolute atomic E-state index is 12.9. The molecule has 3 rings (SSSR count). The van der Waals surface area contributed by atoms with Crippen molar-refractivity contribution in [3.8, 4) is 22.8 Å². The maximum Gasteiger partial charge on any atom is 0.416 e. The number of nitrogens with one attached hydrogen (secondary N) is 1. The predicted octanol–water partition coefficient (Wildman–Crippen LogP) is 5.51.